The molecule has 0 saturated heterocycles. The Labute approximate surface area is 73.3 Å². The van der Waals surface area contributed by atoms with Gasteiger partial charge in [-0.15, -0.1) is 0 Å². The summed E-state index contributed by atoms with van der Waals surface area (Å²) in [6.45, 7) is 1.57. The summed E-state index contributed by atoms with van der Waals surface area (Å²) in [5.74, 6) is 0. The Bertz CT molecular complexity index is 453. The molecule has 0 amide bonds. The standard InChI is InChI=1S/C8H8N2O3/c1-6-5-10(3-2-4-11)8(13)9-7(6)12/h2-5H,1H3,(H,9,12,13). The molecule has 0 aromatic carbocycles. The molecule has 68 valence electrons. The minimum absolute atomic E-state index is 0.412. The van der Waals surface area contributed by atoms with E-state index < -0.39 is 11.2 Å². The molecule has 1 heterocycles. The Hall–Kier alpha value is -1.91. The second kappa shape index (κ2) is 3.66. The molecule has 1 aromatic rings. The monoisotopic (exact) mass is 180 g/mol. The van der Waals surface area contributed by atoms with Crippen molar-refractivity contribution in [3.05, 3.63) is 38.7 Å². The van der Waals surface area contributed by atoms with Crippen LogP contribution in [0.15, 0.2) is 21.9 Å². The molecule has 1 rings (SSSR count). The van der Waals surface area contributed by atoms with Crippen LogP contribution in [0.5, 0.6) is 0 Å². The number of aromatic amines is 1. The van der Waals surface area contributed by atoms with E-state index in [9.17, 15) is 14.4 Å². The molecule has 0 bridgehead atoms. The summed E-state index contributed by atoms with van der Waals surface area (Å²) in [4.78, 5) is 34.0. The maximum absolute atomic E-state index is 11.0. The number of carbonyl (C=O) groups excluding carboxylic acids is 1. The van der Waals surface area contributed by atoms with Crippen LogP contribution in [0.1, 0.15) is 5.56 Å². The number of aldehydes is 1. The largest absolute Gasteiger partial charge is 0.332 e. The van der Waals surface area contributed by atoms with Gasteiger partial charge < -0.3 is 0 Å². The molecule has 0 saturated carbocycles. The highest BCUT2D eigenvalue weighted by Gasteiger charge is 1.96. The van der Waals surface area contributed by atoms with Crippen molar-refractivity contribution in [3.63, 3.8) is 0 Å². The number of nitrogens with one attached hydrogen (secondary N) is 1. The fourth-order valence-electron chi connectivity index (χ4n) is 0.825. The highest BCUT2D eigenvalue weighted by atomic mass is 16.2. The zero-order valence-corrected chi connectivity index (χ0v) is 6.98. The number of hydrogen-bond acceptors (Lipinski definition) is 3. The predicted octanol–water partition coefficient (Wildman–Crippen LogP) is -0.485. The van der Waals surface area contributed by atoms with Gasteiger partial charge in [0.2, 0.25) is 0 Å². The second-order valence-electron chi connectivity index (χ2n) is 2.46. The Balaban J connectivity index is 3.32. The number of nitrogens with zero attached hydrogens (tertiary/aromatic N) is 1. The number of aromatic nitrogens is 2. The summed E-state index contributed by atoms with van der Waals surface area (Å²) >= 11 is 0. The molecule has 5 heteroatoms. The fraction of sp³-hybridized carbons (Fsp3) is 0.125. The minimum Gasteiger partial charge on any atom is -0.299 e. The number of carbonyl (C=O) groups is 1. The second-order valence-corrected chi connectivity index (χ2v) is 2.46. The van der Waals surface area contributed by atoms with E-state index in [1.54, 1.807) is 6.92 Å². The summed E-state index contributed by atoms with van der Waals surface area (Å²) in [6, 6.07) is 0. The van der Waals surface area contributed by atoms with Crippen molar-refractivity contribution in [1.82, 2.24) is 9.55 Å². The average Bonchev–Trinajstić information content (AvgIpc) is 2.09. The van der Waals surface area contributed by atoms with Crippen molar-refractivity contribution >= 4 is 12.5 Å². The molecule has 0 aliphatic carbocycles. The molecule has 0 aliphatic heterocycles. The van der Waals surface area contributed by atoms with Crippen molar-refractivity contribution in [2.45, 2.75) is 6.92 Å². The lowest BCUT2D eigenvalue weighted by Gasteiger charge is -1.96. The average molecular weight is 180 g/mol. The van der Waals surface area contributed by atoms with Gasteiger partial charge in [0.05, 0.1) is 0 Å². The third-order valence-corrected chi connectivity index (χ3v) is 1.47. The van der Waals surface area contributed by atoms with Crippen LogP contribution in [-0.4, -0.2) is 15.8 Å². The number of H-pyrrole nitrogens is 1. The zero-order valence-electron chi connectivity index (χ0n) is 6.98. The normalized spacial score (nSPS) is 10.5. The van der Waals surface area contributed by atoms with Gasteiger partial charge in [-0.05, 0) is 13.0 Å². The summed E-state index contributed by atoms with van der Waals surface area (Å²) < 4.78 is 1.13. The molecule has 1 aromatic heterocycles. The first-order chi connectivity index (χ1) is 6.15. The maximum Gasteiger partial charge on any atom is 0.332 e. The molecule has 0 unspecified atom stereocenters. The molecular formula is C8H8N2O3. The van der Waals surface area contributed by atoms with Gasteiger partial charge in [-0.1, -0.05) is 0 Å². The number of rotatable bonds is 2. The van der Waals surface area contributed by atoms with E-state index in [1.165, 1.54) is 18.5 Å². The van der Waals surface area contributed by atoms with Gasteiger partial charge in [0.15, 0.2) is 0 Å². The Kier molecular flexibility index (Phi) is 2.59. The molecule has 0 atom stereocenters. The number of allylic oxidation sites excluding steroid dienone is 1. The smallest absolute Gasteiger partial charge is 0.299 e. The summed E-state index contributed by atoms with van der Waals surface area (Å²) in [6.07, 6.45) is 4.35. The molecule has 1 N–H and O–H groups in total. The maximum atomic E-state index is 11.0. The van der Waals surface area contributed by atoms with E-state index >= 15 is 0 Å². The van der Waals surface area contributed by atoms with E-state index in [1.807, 2.05) is 0 Å². The van der Waals surface area contributed by atoms with Crippen LogP contribution in [-0.2, 0) is 4.79 Å². The Morgan fingerprint density at radius 2 is 2.15 bits per heavy atom. The van der Waals surface area contributed by atoms with E-state index in [0.29, 0.717) is 11.8 Å². The highest BCUT2D eigenvalue weighted by molar-refractivity contribution is 5.69. The van der Waals surface area contributed by atoms with E-state index in [0.717, 1.165) is 4.57 Å². The summed E-state index contributed by atoms with van der Waals surface area (Å²) in [5, 5.41) is 0. The van der Waals surface area contributed by atoms with Gasteiger partial charge in [0.25, 0.3) is 5.56 Å². The van der Waals surface area contributed by atoms with Gasteiger partial charge in [-0.2, -0.15) is 0 Å². The Morgan fingerprint density at radius 1 is 1.46 bits per heavy atom. The molecule has 0 radical (unpaired) electrons. The summed E-state index contributed by atoms with van der Waals surface area (Å²) in [5.41, 5.74) is -0.565. The summed E-state index contributed by atoms with van der Waals surface area (Å²) in [7, 11) is 0. The lowest BCUT2D eigenvalue weighted by molar-refractivity contribution is -0.104. The molecule has 0 spiro atoms. The van der Waals surface area contributed by atoms with Crippen LogP contribution in [0, 0.1) is 6.92 Å². The van der Waals surface area contributed by atoms with Crippen LogP contribution in [0.3, 0.4) is 0 Å². The first kappa shape index (κ1) is 9.18. The molecular weight excluding hydrogens is 172 g/mol. The first-order valence-electron chi connectivity index (χ1n) is 3.59. The van der Waals surface area contributed by atoms with E-state index in [-0.39, 0.29) is 0 Å². The third kappa shape index (κ3) is 2.02. The van der Waals surface area contributed by atoms with Crippen LogP contribution < -0.4 is 11.2 Å². The minimum atomic E-state index is -0.561. The van der Waals surface area contributed by atoms with Crippen molar-refractivity contribution in [3.8, 4) is 0 Å². The third-order valence-electron chi connectivity index (χ3n) is 1.47. The lowest BCUT2D eigenvalue weighted by atomic mass is 10.4. The molecule has 0 fully saturated rings. The van der Waals surface area contributed by atoms with Gasteiger partial charge >= 0.3 is 5.69 Å². The topological polar surface area (TPSA) is 71.9 Å². The zero-order chi connectivity index (χ0) is 9.84. The number of hydrogen-bond donors (Lipinski definition) is 1. The number of aryl methyl sites for hydroxylation is 1. The van der Waals surface area contributed by atoms with Crippen molar-refractivity contribution < 1.29 is 4.79 Å². The van der Waals surface area contributed by atoms with Crippen molar-refractivity contribution in [2.75, 3.05) is 0 Å². The van der Waals surface area contributed by atoms with E-state index in [4.69, 9.17) is 0 Å². The van der Waals surface area contributed by atoms with Gasteiger partial charge in [0, 0.05) is 18.0 Å². The first-order valence-corrected chi connectivity index (χ1v) is 3.59. The fourth-order valence-corrected chi connectivity index (χ4v) is 0.825. The van der Waals surface area contributed by atoms with Crippen LogP contribution in [0.25, 0.3) is 6.20 Å². The lowest BCUT2D eigenvalue weighted by Crippen LogP contribution is -2.28. The van der Waals surface area contributed by atoms with Gasteiger partial charge in [-0.3, -0.25) is 19.1 Å². The van der Waals surface area contributed by atoms with Crippen LogP contribution in [0.4, 0.5) is 0 Å². The Morgan fingerprint density at radius 3 is 2.77 bits per heavy atom. The molecule has 13 heavy (non-hydrogen) atoms. The van der Waals surface area contributed by atoms with Crippen LogP contribution >= 0.6 is 0 Å². The molecule has 5 nitrogen and oxygen atoms in total. The van der Waals surface area contributed by atoms with Gasteiger partial charge in [-0.25, -0.2) is 4.79 Å². The predicted molar refractivity (Wildman–Crippen MR) is 47.5 cm³/mol. The van der Waals surface area contributed by atoms with Crippen molar-refractivity contribution in [2.24, 2.45) is 0 Å². The van der Waals surface area contributed by atoms with Crippen molar-refractivity contribution in [1.29, 1.82) is 0 Å². The van der Waals surface area contributed by atoms with E-state index in [2.05, 4.69) is 4.98 Å². The molecule has 0 aliphatic rings. The quantitative estimate of drug-likeness (QED) is 0.493. The van der Waals surface area contributed by atoms with Gasteiger partial charge in [0.1, 0.15) is 6.29 Å². The SMILES string of the molecule is Cc1cn(C=CC=O)c(=O)[nH]c1=O. The highest BCUT2D eigenvalue weighted by Crippen LogP contribution is 1.84. The van der Waals surface area contributed by atoms with Crippen LogP contribution in [0.2, 0.25) is 0 Å².